The molecule has 0 N–H and O–H groups in total. The molecule has 55 valence electrons. The lowest BCUT2D eigenvalue weighted by molar-refractivity contribution is -0.128. The molecule has 0 unspecified atom stereocenters. The highest BCUT2D eigenvalue weighted by Crippen LogP contribution is 2.07. The Kier molecular flexibility index (Phi) is 2.42. The van der Waals surface area contributed by atoms with Crippen LogP contribution in [0.2, 0.25) is 0 Å². The Hall–Kier alpha value is -0.860. The van der Waals surface area contributed by atoms with Gasteiger partial charge in [-0.25, -0.2) is 0 Å². The zero-order chi connectivity index (χ0) is 7.40. The first-order valence-electron chi connectivity index (χ1n) is 3.47. The van der Waals surface area contributed by atoms with Crippen molar-refractivity contribution < 1.29 is 9.59 Å². The summed E-state index contributed by atoms with van der Waals surface area (Å²) < 4.78 is 0. The lowest BCUT2D eigenvalue weighted by Gasteiger charge is -2.11. The molecule has 0 aliphatic carbocycles. The maximum atomic E-state index is 10.9. The SMILES string of the molecule is O=[C]CC(=O)N1CCCC1. The number of hydrogen-bond donors (Lipinski definition) is 0. The van der Waals surface area contributed by atoms with Crippen LogP contribution in [0.15, 0.2) is 0 Å². The number of nitrogens with zero attached hydrogens (tertiary/aromatic N) is 1. The van der Waals surface area contributed by atoms with Gasteiger partial charge in [0.2, 0.25) is 12.2 Å². The number of likely N-dealkylation sites (tertiary alicyclic amines) is 1. The van der Waals surface area contributed by atoms with E-state index in [4.69, 9.17) is 0 Å². The average Bonchev–Trinajstić information content (AvgIpc) is 2.38. The normalized spacial score (nSPS) is 17.4. The van der Waals surface area contributed by atoms with E-state index in [1.54, 1.807) is 11.2 Å². The van der Waals surface area contributed by atoms with Crippen LogP contribution in [0.4, 0.5) is 0 Å². The third-order valence-corrected chi connectivity index (χ3v) is 1.68. The van der Waals surface area contributed by atoms with Crippen LogP contribution in [0.5, 0.6) is 0 Å². The molecule has 0 atom stereocenters. The van der Waals surface area contributed by atoms with E-state index >= 15 is 0 Å². The molecule has 1 saturated heterocycles. The number of rotatable bonds is 2. The summed E-state index contributed by atoms with van der Waals surface area (Å²) in [6.45, 7) is 1.64. The fraction of sp³-hybridized carbons (Fsp3) is 0.714. The fourth-order valence-corrected chi connectivity index (χ4v) is 1.14. The van der Waals surface area contributed by atoms with E-state index in [2.05, 4.69) is 0 Å². The van der Waals surface area contributed by atoms with Crippen molar-refractivity contribution in [3.63, 3.8) is 0 Å². The Balaban J connectivity index is 2.32. The Morgan fingerprint density at radius 3 is 2.50 bits per heavy atom. The maximum absolute atomic E-state index is 10.9. The van der Waals surface area contributed by atoms with Crippen molar-refractivity contribution >= 4 is 12.2 Å². The van der Waals surface area contributed by atoms with E-state index in [0.717, 1.165) is 25.9 Å². The van der Waals surface area contributed by atoms with Crippen molar-refractivity contribution in [3.8, 4) is 0 Å². The van der Waals surface area contributed by atoms with Gasteiger partial charge < -0.3 is 4.90 Å². The van der Waals surface area contributed by atoms with Gasteiger partial charge in [0.25, 0.3) is 0 Å². The molecule has 1 amide bonds. The van der Waals surface area contributed by atoms with E-state index in [9.17, 15) is 9.59 Å². The summed E-state index contributed by atoms with van der Waals surface area (Å²) in [4.78, 5) is 22.4. The topological polar surface area (TPSA) is 37.4 Å². The van der Waals surface area contributed by atoms with Crippen LogP contribution >= 0.6 is 0 Å². The number of hydrogen-bond acceptors (Lipinski definition) is 2. The van der Waals surface area contributed by atoms with Crippen LogP contribution in [0.3, 0.4) is 0 Å². The smallest absolute Gasteiger partial charge is 0.230 e. The molecule has 1 rings (SSSR count). The molecule has 0 aromatic heterocycles. The molecule has 0 aromatic rings. The summed E-state index contributed by atoms with van der Waals surface area (Å²) in [5.41, 5.74) is 0. The molecule has 1 aliphatic rings. The van der Waals surface area contributed by atoms with Crippen LogP contribution in [-0.4, -0.2) is 30.2 Å². The van der Waals surface area contributed by atoms with Crippen molar-refractivity contribution in [2.24, 2.45) is 0 Å². The van der Waals surface area contributed by atoms with Gasteiger partial charge in [0, 0.05) is 13.1 Å². The molecule has 0 aromatic carbocycles. The van der Waals surface area contributed by atoms with Gasteiger partial charge >= 0.3 is 0 Å². The van der Waals surface area contributed by atoms with Gasteiger partial charge in [-0.3, -0.25) is 9.59 Å². The molecule has 0 saturated carbocycles. The summed E-state index contributed by atoms with van der Waals surface area (Å²) in [6, 6.07) is 0. The molecule has 1 fully saturated rings. The molecule has 0 bridgehead atoms. The average molecular weight is 140 g/mol. The van der Waals surface area contributed by atoms with E-state index in [0.29, 0.717) is 0 Å². The highest BCUT2D eigenvalue weighted by Gasteiger charge is 2.16. The second-order valence-corrected chi connectivity index (χ2v) is 2.41. The van der Waals surface area contributed by atoms with Crippen LogP contribution in [0.25, 0.3) is 0 Å². The predicted octanol–water partition coefficient (Wildman–Crippen LogP) is 0.109. The Morgan fingerprint density at radius 2 is 2.00 bits per heavy atom. The number of amides is 1. The molecule has 1 heterocycles. The van der Waals surface area contributed by atoms with Crippen LogP contribution < -0.4 is 0 Å². The van der Waals surface area contributed by atoms with E-state index in [1.165, 1.54) is 0 Å². The second-order valence-electron chi connectivity index (χ2n) is 2.41. The zero-order valence-electron chi connectivity index (χ0n) is 5.80. The largest absolute Gasteiger partial charge is 0.342 e. The molecule has 1 radical (unpaired) electrons. The van der Waals surface area contributed by atoms with E-state index in [-0.39, 0.29) is 12.3 Å². The van der Waals surface area contributed by atoms with Gasteiger partial charge in [-0.2, -0.15) is 0 Å². The molecule has 0 spiro atoms. The summed E-state index contributed by atoms with van der Waals surface area (Å²) >= 11 is 0. The van der Waals surface area contributed by atoms with Crippen molar-refractivity contribution in [2.75, 3.05) is 13.1 Å². The first kappa shape index (κ1) is 7.25. The van der Waals surface area contributed by atoms with Crippen LogP contribution in [0, 0.1) is 0 Å². The van der Waals surface area contributed by atoms with Crippen molar-refractivity contribution in [3.05, 3.63) is 0 Å². The zero-order valence-corrected chi connectivity index (χ0v) is 5.80. The van der Waals surface area contributed by atoms with Crippen molar-refractivity contribution in [1.29, 1.82) is 0 Å². The van der Waals surface area contributed by atoms with Crippen LogP contribution in [-0.2, 0) is 9.59 Å². The van der Waals surface area contributed by atoms with Gasteiger partial charge in [-0.15, -0.1) is 0 Å². The minimum atomic E-state index is -0.0764. The summed E-state index contributed by atoms with van der Waals surface area (Å²) in [5.74, 6) is -0.0764. The van der Waals surface area contributed by atoms with Gasteiger partial charge in [-0.05, 0) is 12.8 Å². The monoisotopic (exact) mass is 140 g/mol. The quantitative estimate of drug-likeness (QED) is 0.510. The standard InChI is InChI=1S/C7H10NO2/c9-6-3-7(10)8-4-1-2-5-8/h1-5H2. The number of carbonyl (C=O) groups excluding carboxylic acids is 2. The maximum Gasteiger partial charge on any atom is 0.230 e. The van der Waals surface area contributed by atoms with Crippen LogP contribution in [0.1, 0.15) is 19.3 Å². The second kappa shape index (κ2) is 3.34. The molecule has 3 heteroatoms. The first-order chi connectivity index (χ1) is 4.84. The first-order valence-corrected chi connectivity index (χ1v) is 3.47. The Labute approximate surface area is 60.0 Å². The Bertz CT molecular complexity index is 139. The minimum absolute atomic E-state index is 0.0694. The molecule has 10 heavy (non-hydrogen) atoms. The van der Waals surface area contributed by atoms with Gasteiger partial charge in [0.15, 0.2) is 0 Å². The minimum Gasteiger partial charge on any atom is -0.342 e. The van der Waals surface area contributed by atoms with Gasteiger partial charge in [0.1, 0.15) is 0 Å². The lowest BCUT2D eigenvalue weighted by Crippen LogP contribution is -2.27. The highest BCUT2D eigenvalue weighted by molar-refractivity contribution is 5.88. The van der Waals surface area contributed by atoms with Crippen molar-refractivity contribution in [2.45, 2.75) is 19.3 Å². The highest BCUT2D eigenvalue weighted by atomic mass is 16.2. The number of carbonyl (C=O) groups is 1. The Morgan fingerprint density at radius 1 is 1.40 bits per heavy atom. The summed E-state index contributed by atoms with van der Waals surface area (Å²) in [5, 5.41) is 0. The van der Waals surface area contributed by atoms with E-state index < -0.39 is 0 Å². The van der Waals surface area contributed by atoms with Crippen molar-refractivity contribution in [1.82, 2.24) is 4.90 Å². The molecular weight excluding hydrogens is 130 g/mol. The lowest BCUT2D eigenvalue weighted by atomic mass is 10.4. The van der Waals surface area contributed by atoms with Gasteiger partial charge in [-0.1, -0.05) is 0 Å². The third kappa shape index (κ3) is 1.56. The molecule has 3 nitrogen and oxygen atoms in total. The van der Waals surface area contributed by atoms with E-state index in [1.807, 2.05) is 0 Å². The third-order valence-electron chi connectivity index (χ3n) is 1.68. The summed E-state index contributed by atoms with van der Waals surface area (Å²) in [6.07, 6.45) is 3.68. The predicted molar refractivity (Wildman–Crippen MR) is 36.1 cm³/mol. The summed E-state index contributed by atoms with van der Waals surface area (Å²) in [7, 11) is 0. The fourth-order valence-electron chi connectivity index (χ4n) is 1.14. The molecule has 1 aliphatic heterocycles. The van der Waals surface area contributed by atoms with Gasteiger partial charge in [0.05, 0.1) is 6.42 Å². The molecular formula is C7H10NO2.